The highest BCUT2D eigenvalue weighted by Crippen LogP contribution is 2.24. The molecule has 0 bridgehead atoms. The van der Waals surface area contributed by atoms with Crippen molar-refractivity contribution < 1.29 is 14.3 Å². The van der Waals surface area contributed by atoms with Gasteiger partial charge in [-0.1, -0.05) is 29.8 Å². The van der Waals surface area contributed by atoms with Crippen molar-refractivity contribution in [1.82, 2.24) is 9.80 Å². The van der Waals surface area contributed by atoms with E-state index in [0.29, 0.717) is 26.2 Å². The Hall–Kier alpha value is -3.04. The standard InChI is InChI=1S/C23H27N3O3/c1-17-4-9-22(18(2)14-17)29-16-23(27)26-12-10-25(11-13-26)21(15-24)19-5-7-20(28-3)8-6-19/h4-9,14,21H,10-13,16H2,1-3H3. The number of nitrogens with zero attached hydrogens (tertiary/aromatic N) is 3. The van der Waals surface area contributed by atoms with Crippen molar-refractivity contribution in [3.8, 4) is 17.6 Å². The van der Waals surface area contributed by atoms with Crippen LogP contribution in [0.4, 0.5) is 0 Å². The van der Waals surface area contributed by atoms with Crippen molar-refractivity contribution in [2.75, 3.05) is 39.9 Å². The van der Waals surface area contributed by atoms with E-state index in [4.69, 9.17) is 9.47 Å². The molecule has 0 radical (unpaired) electrons. The monoisotopic (exact) mass is 393 g/mol. The van der Waals surface area contributed by atoms with Gasteiger partial charge in [0, 0.05) is 26.2 Å². The maximum Gasteiger partial charge on any atom is 0.260 e. The molecule has 6 nitrogen and oxygen atoms in total. The largest absolute Gasteiger partial charge is 0.497 e. The normalized spacial score (nSPS) is 15.4. The van der Waals surface area contributed by atoms with E-state index in [0.717, 1.165) is 22.6 Å². The van der Waals surface area contributed by atoms with Gasteiger partial charge in [0.25, 0.3) is 5.91 Å². The third-order valence-electron chi connectivity index (χ3n) is 5.27. The Kier molecular flexibility index (Phi) is 6.73. The second-order valence-electron chi connectivity index (χ2n) is 7.28. The molecule has 1 aliphatic heterocycles. The smallest absolute Gasteiger partial charge is 0.260 e. The number of benzene rings is 2. The molecule has 152 valence electrons. The summed E-state index contributed by atoms with van der Waals surface area (Å²) in [5, 5.41) is 9.67. The summed E-state index contributed by atoms with van der Waals surface area (Å²) in [6, 6.07) is 15.5. The van der Waals surface area contributed by atoms with Crippen LogP contribution in [0.5, 0.6) is 11.5 Å². The third-order valence-corrected chi connectivity index (χ3v) is 5.27. The topological polar surface area (TPSA) is 65.8 Å². The summed E-state index contributed by atoms with van der Waals surface area (Å²) in [6.07, 6.45) is 0. The Labute approximate surface area is 172 Å². The average Bonchev–Trinajstić information content (AvgIpc) is 2.74. The summed E-state index contributed by atoms with van der Waals surface area (Å²) in [5.41, 5.74) is 3.13. The molecule has 0 aromatic heterocycles. The number of nitriles is 1. The maximum absolute atomic E-state index is 12.5. The number of piperazine rings is 1. The number of amides is 1. The van der Waals surface area contributed by atoms with Crippen molar-refractivity contribution in [2.24, 2.45) is 0 Å². The minimum absolute atomic E-state index is 0.0254. The number of carbonyl (C=O) groups is 1. The van der Waals surface area contributed by atoms with Crippen LogP contribution < -0.4 is 9.47 Å². The van der Waals surface area contributed by atoms with Gasteiger partial charge in [0.1, 0.15) is 17.5 Å². The third kappa shape index (κ3) is 5.07. The predicted molar refractivity (Wildman–Crippen MR) is 111 cm³/mol. The fraction of sp³-hybridized carbons (Fsp3) is 0.391. The van der Waals surface area contributed by atoms with E-state index in [-0.39, 0.29) is 18.6 Å². The van der Waals surface area contributed by atoms with Gasteiger partial charge >= 0.3 is 0 Å². The summed E-state index contributed by atoms with van der Waals surface area (Å²) >= 11 is 0. The van der Waals surface area contributed by atoms with E-state index in [9.17, 15) is 10.1 Å². The number of ether oxygens (including phenoxy) is 2. The molecule has 6 heteroatoms. The first-order chi connectivity index (χ1) is 14.0. The average molecular weight is 393 g/mol. The van der Waals surface area contributed by atoms with Crippen LogP contribution in [-0.4, -0.2) is 55.6 Å². The lowest BCUT2D eigenvalue weighted by molar-refractivity contribution is -0.135. The van der Waals surface area contributed by atoms with Gasteiger partial charge in [-0.05, 0) is 43.2 Å². The molecule has 0 aliphatic carbocycles. The first-order valence-electron chi connectivity index (χ1n) is 9.77. The molecule has 1 unspecified atom stereocenters. The molecule has 0 spiro atoms. The van der Waals surface area contributed by atoms with Crippen LogP contribution in [0.15, 0.2) is 42.5 Å². The van der Waals surface area contributed by atoms with E-state index >= 15 is 0 Å². The molecule has 29 heavy (non-hydrogen) atoms. The number of rotatable bonds is 6. The number of aryl methyl sites for hydroxylation is 2. The molecule has 1 heterocycles. The minimum atomic E-state index is -0.329. The van der Waals surface area contributed by atoms with E-state index in [1.807, 2.05) is 61.2 Å². The van der Waals surface area contributed by atoms with Gasteiger partial charge in [-0.25, -0.2) is 0 Å². The van der Waals surface area contributed by atoms with Crippen molar-refractivity contribution >= 4 is 5.91 Å². The van der Waals surface area contributed by atoms with Crippen LogP contribution >= 0.6 is 0 Å². The molecular weight excluding hydrogens is 366 g/mol. The number of hydrogen-bond donors (Lipinski definition) is 0. The van der Waals surface area contributed by atoms with Crippen LogP contribution in [0.2, 0.25) is 0 Å². The molecule has 1 fully saturated rings. The number of methoxy groups -OCH3 is 1. The van der Waals surface area contributed by atoms with Crippen molar-refractivity contribution in [2.45, 2.75) is 19.9 Å². The first kappa shape index (κ1) is 20.7. The van der Waals surface area contributed by atoms with Gasteiger partial charge in [-0.2, -0.15) is 5.26 Å². The fourth-order valence-corrected chi connectivity index (χ4v) is 3.57. The van der Waals surface area contributed by atoms with E-state index in [1.54, 1.807) is 7.11 Å². The Bertz CT molecular complexity index is 881. The van der Waals surface area contributed by atoms with Crippen LogP contribution in [0.3, 0.4) is 0 Å². The molecule has 1 atom stereocenters. The summed E-state index contributed by atoms with van der Waals surface area (Å²) < 4.78 is 10.9. The first-order valence-corrected chi connectivity index (χ1v) is 9.77. The SMILES string of the molecule is COc1ccc(C(C#N)N2CCN(C(=O)COc3ccc(C)cc3C)CC2)cc1. The van der Waals surface area contributed by atoms with Crippen molar-refractivity contribution in [3.63, 3.8) is 0 Å². The van der Waals surface area contributed by atoms with Gasteiger partial charge in [0.05, 0.1) is 13.2 Å². The van der Waals surface area contributed by atoms with E-state index < -0.39 is 0 Å². The fourth-order valence-electron chi connectivity index (χ4n) is 3.57. The number of carbonyl (C=O) groups excluding carboxylic acids is 1. The lowest BCUT2D eigenvalue weighted by atomic mass is 10.1. The molecule has 1 amide bonds. The molecule has 3 rings (SSSR count). The zero-order valence-electron chi connectivity index (χ0n) is 17.2. The minimum Gasteiger partial charge on any atom is -0.497 e. The Balaban J connectivity index is 1.53. The molecular formula is C23H27N3O3. The quantitative estimate of drug-likeness (QED) is 0.755. The molecule has 2 aromatic carbocycles. The zero-order valence-corrected chi connectivity index (χ0v) is 17.2. The summed E-state index contributed by atoms with van der Waals surface area (Å²) in [7, 11) is 1.62. The second kappa shape index (κ2) is 9.44. The molecule has 2 aromatic rings. The van der Waals surface area contributed by atoms with Crippen molar-refractivity contribution in [3.05, 3.63) is 59.2 Å². The number of hydrogen-bond acceptors (Lipinski definition) is 5. The molecule has 0 saturated carbocycles. The Morgan fingerprint density at radius 2 is 1.79 bits per heavy atom. The zero-order chi connectivity index (χ0) is 20.8. The Morgan fingerprint density at radius 1 is 1.10 bits per heavy atom. The van der Waals surface area contributed by atoms with E-state index in [2.05, 4.69) is 11.0 Å². The molecule has 1 saturated heterocycles. The highest BCUT2D eigenvalue weighted by Gasteiger charge is 2.27. The van der Waals surface area contributed by atoms with Crippen molar-refractivity contribution in [1.29, 1.82) is 5.26 Å². The van der Waals surface area contributed by atoms with Gasteiger partial charge in [-0.3, -0.25) is 9.69 Å². The van der Waals surface area contributed by atoms with Crippen LogP contribution in [0.25, 0.3) is 0 Å². The predicted octanol–water partition coefficient (Wildman–Crippen LogP) is 3.10. The van der Waals surface area contributed by atoms with E-state index in [1.165, 1.54) is 5.56 Å². The highest BCUT2D eigenvalue weighted by atomic mass is 16.5. The summed E-state index contributed by atoms with van der Waals surface area (Å²) in [6.45, 7) is 6.52. The van der Waals surface area contributed by atoms with Crippen LogP contribution in [-0.2, 0) is 4.79 Å². The lowest BCUT2D eigenvalue weighted by Crippen LogP contribution is -2.50. The summed E-state index contributed by atoms with van der Waals surface area (Å²) in [4.78, 5) is 16.5. The van der Waals surface area contributed by atoms with Gasteiger partial charge in [-0.15, -0.1) is 0 Å². The highest BCUT2D eigenvalue weighted by molar-refractivity contribution is 5.78. The molecule has 1 aliphatic rings. The summed E-state index contributed by atoms with van der Waals surface area (Å²) in [5.74, 6) is 1.49. The van der Waals surface area contributed by atoms with Gasteiger partial charge in [0.2, 0.25) is 0 Å². The van der Waals surface area contributed by atoms with Gasteiger partial charge < -0.3 is 14.4 Å². The molecule has 0 N–H and O–H groups in total. The second-order valence-corrected chi connectivity index (χ2v) is 7.28. The van der Waals surface area contributed by atoms with Crippen LogP contribution in [0.1, 0.15) is 22.7 Å². The van der Waals surface area contributed by atoms with Crippen LogP contribution in [0, 0.1) is 25.2 Å². The van der Waals surface area contributed by atoms with Gasteiger partial charge in [0.15, 0.2) is 6.61 Å². The lowest BCUT2D eigenvalue weighted by Gasteiger charge is -2.37. The maximum atomic E-state index is 12.5. The Morgan fingerprint density at radius 3 is 2.38 bits per heavy atom.